The fourth-order valence-corrected chi connectivity index (χ4v) is 3.79. The Kier molecular flexibility index (Phi) is 4.73. The number of alkyl halides is 2. The molecule has 0 saturated carbocycles. The number of rotatable bonds is 5. The molecule has 4 aromatic rings. The van der Waals surface area contributed by atoms with E-state index in [9.17, 15) is 8.78 Å². The molecule has 0 aliphatic carbocycles. The highest BCUT2D eigenvalue weighted by atomic mass is 32.1. The first-order valence-electron chi connectivity index (χ1n) is 8.23. The molecular formula is C21H15F2NO2S. The zero-order valence-corrected chi connectivity index (χ0v) is 15.2. The van der Waals surface area contributed by atoms with Crippen LogP contribution in [0, 0.1) is 0 Å². The molecule has 1 heterocycles. The number of hydrogen-bond acceptors (Lipinski definition) is 4. The van der Waals surface area contributed by atoms with Gasteiger partial charge in [0, 0.05) is 5.39 Å². The molecule has 136 valence electrons. The van der Waals surface area contributed by atoms with E-state index in [1.165, 1.54) is 13.2 Å². The fraction of sp³-hybridized carbons (Fsp3) is 0.0952. The van der Waals surface area contributed by atoms with Crippen molar-refractivity contribution in [2.45, 2.75) is 6.61 Å². The topological polar surface area (TPSA) is 31.4 Å². The second-order valence-corrected chi connectivity index (χ2v) is 6.87. The maximum absolute atomic E-state index is 12.4. The molecule has 0 aliphatic rings. The van der Waals surface area contributed by atoms with Crippen LogP contribution in [-0.4, -0.2) is 18.7 Å². The fourth-order valence-electron chi connectivity index (χ4n) is 2.90. The van der Waals surface area contributed by atoms with Crippen LogP contribution in [0.2, 0.25) is 0 Å². The molecule has 1 aromatic heterocycles. The van der Waals surface area contributed by atoms with E-state index in [1.54, 1.807) is 23.5 Å². The Morgan fingerprint density at radius 1 is 1.00 bits per heavy atom. The van der Waals surface area contributed by atoms with Crippen molar-refractivity contribution in [2.24, 2.45) is 0 Å². The zero-order valence-electron chi connectivity index (χ0n) is 14.4. The summed E-state index contributed by atoms with van der Waals surface area (Å²) in [5, 5.41) is 3.15. The molecule has 4 rings (SSSR count). The van der Waals surface area contributed by atoms with Gasteiger partial charge in [0.05, 0.1) is 17.3 Å². The maximum atomic E-state index is 12.4. The van der Waals surface area contributed by atoms with E-state index < -0.39 is 6.61 Å². The summed E-state index contributed by atoms with van der Waals surface area (Å²) in [6.45, 7) is -2.89. The summed E-state index contributed by atoms with van der Waals surface area (Å²) in [6, 6.07) is 17.1. The van der Waals surface area contributed by atoms with E-state index in [4.69, 9.17) is 9.72 Å². The summed E-state index contributed by atoms with van der Waals surface area (Å²) in [7, 11) is 1.42. The minimum absolute atomic E-state index is 0.0103. The molecule has 6 heteroatoms. The second kappa shape index (κ2) is 7.32. The Morgan fingerprint density at radius 2 is 1.85 bits per heavy atom. The van der Waals surface area contributed by atoms with Gasteiger partial charge < -0.3 is 9.47 Å². The third-order valence-corrected chi connectivity index (χ3v) is 5.11. The average Bonchev–Trinajstić information content (AvgIpc) is 3.10. The van der Waals surface area contributed by atoms with Crippen molar-refractivity contribution in [3.63, 3.8) is 0 Å². The van der Waals surface area contributed by atoms with E-state index in [0.29, 0.717) is 0 Å². The van der Waals surface area contributed by atoms with Gasteiger partial charge in [0.1, 0.15) is 5.01 Å². The molecule has 0 saturated heterocycles. The second-order valence-electron chi connectivity index (χ2n) is 5.81. The van der Waals surface area contributed by atoms with Gasteiger partial charge in [-0.05, 0) is 35.2 Å². The van der Waals surface area contributed by atoms with Crippen molar-refractivity contribution in [1.82, 2.24) is 4.98 Å². The lowest BCUT2D eigenvalue weighted by molar-refractivity contribution is -0.0512. The number of nitrogens with zero attached hydrogens (tertiary/aromatic N) is 1. The van der Waals surface area contributed by atoms with E-state index in [-0.39, 0.29) is 11.5 Å². The first-order valence-corrected chi connectivity index (χ1v) is 9.05. The number of aromatic nitrogens is 1. The molecule has 0 bridgehead atoms. The van der Waals surface area contributed by atoms with Crippen LogP contribution in [0.25, 0.3) is 33.1 Å². The number of hydrogen-bond donors (Lipinski definition) is 0. The first-order chi connectivity index (χ1) is 13.1. The lowest BCUT2D eigenvalue weighted by Gasteiger charge is -2.10. The monoisotopic (exact) mass is 383 g/mol. The van der Waals surface area contributed by atoms with Gasteiger partial charge in [0.15, 0.2) is 11.5 Å². The number of fused-ring (bicyclic) bond motifs is 3. The molecule has 0 N–H and O–H groups in total. The summed E-state index contributed by atoms with van der Waals surface area (Å²) < 4.78 is 35.5. The summed E-state index contributed by atoms with van der Waals surface area (Å²) in [4.78, 5) is 4.73. The Hall–Kier alpha value is -2.99. The van der Waals surface area contributed by atoms with Gasteiger partial charge in [0.25, 0.3) is 0 Å². The van der Waals surface area contributed by atoms with Crippen LogP contribution in [-0.2, 0) is 0 Å². The quantitative estimate of drug-likeness (QED) is 0.409. The first kappa shape index (κ1) is 17.4. The summed E-state index contributed by atoms with van der Waals surface area (Å²) in [5.41, 5.74) is 1.79. The van der Waals surface area contributed by atoms with Gasteiger partial charge in [-0.1, -0.05) is 42.5 Å². The Balaban J connectivity index is 1.65. The van der Waals surface area contributed by atoms with E-state index in [0.717, 1.165) is 31.6 Å². The minimum Gasteiger partial charge on any atom is -0.493 e. The van der Waals surface area contributed by atoms with Crippen molar-refractivity contribution in [3.8, 4) is 11.5 Å². The summed E-state index contributed by atoms with van der Waals surface area (Å²) >= 11 is 1.60. The standard InChI is InChI=1S/C21H15F2NO2S/c1-25-17-12-13(6-9-16(17)26-21(22)23)7-11-19-24-20-15-5-3-2-4-14(15)8-10-18(20)27-19/h2-12,21H,1H3/b11-7+. The number of ether oxygens (including phenoxy) is 2. The van der Waals surface area contributed by atoms with Gasteiger partial charge in [-0.15, -0.1) is 11.3 Å². The SMILES string of the molecule is COc1cc(/C=C/c2nc3c(ccc4ccccc43)s2)ccc1OC(F)F. The molecule has 3 nitrogen and oxygen atoms in total. The number of thiazole rings is 1. The minimum atomic E-state index is -2.89. The highest BCUT2D eigenvalue weighted by Crippen LogP contribution is 2.32. The molecular weight excluding hydrogens is 368 g/mol. The van der Waals surface area contributed by atoms with Gasteiger partial charge in [-0.2, -0.15) is 8.78 Å². The molecule has 0 fully saturated rings. The highest BCUT2D eigenvalue weighted by molar-refractivity contribution is 7.19. The van der Waals surface area contributed by atoms with Gasteiger partial charge in [-0.3, -0.25) is 0 Å². The molecule has 27 heavy (non-hydrogen) atoms. The summed E-state index contributed by atoms with van der Waals surface area (Å²) in [6.07, 6.45) is 3.77. The molecule has 3 aromatic carbocycles. The molecule has 0 atom stereocenters. The third-order valence-electron chi connectivity index (χ3n) is 4.12. The Morgan fingerprint density at radius 3 is 2.67 bits per heavy atom. The number of benzene rings is 3. The van der Waals surface area contributed by atoms with Crippen LogP contribution in [0.3, 0.4) is 0 Å². The van der Waals surface area contributed by atoms with Crippen molar-refractivity contribution < 1.29 is 18.3 Å². The number of methoxy groups -OCH3 is 1. The van der Waals surface area contributed by atoms with Crippen LogP contribution >= 0.6 is 11.3 Å². The molecule has 0 unspecified atom stereocenters. The lowest BCUT2D eigenvalue weighted by atomic mass is 10.1. The highest BCUT2D eigenvalue weighted by Gasteiger charge is 2.10. The van der Waals surface area contributed by atoms with Crippen LogP contribution in [0.4, 0.5) is 8.78 Å². The molecule has 0 amide bonds. The third kappa shape index (κ3) is 3.61. The largest absolute Gasteiger partial charge is 0.493 e. The Bertz CT molecular complexity index is 1140. The summed E-state index contributed by atoms with van der Waals surface area (Å²) in [5.74, 6) is 0.267. The normalized spacial score (nSPS) is 11.7. The zero-order chi connectivity index (χ0) is 18.8. The molecule has 0 radical (unpaired) electrons. The van der Waals surface area contributed by atoms with E-state index in [2.05, 4.69) is 29.0 Å². The van der Waals surface area contributed by atoms with Gasteiger partial charge in [-0.25, -0.2) is 4.98 Å². The van der Waals surface area contributed by atoms with Crippen LogP contribution in [0.15, 0.2) is 54.6 Å². The van der Waals surface area contributed by atoms with Crippen molar-refractivity contribution in [3.05, 3.63) is 65.2 Å². The average molecular weight is 383 g/mol. The van der Waals surface area contributed by atoms with Crippen molar-refractivity contribution in [1.29, 1.82) is 0 Å². The van der Waals surface area contributed by atoms with Crippen molar-refractivity contribution in [2.75, 3.05) is 7.11 Å². The van der Waals surface area contributed by atoms with Crippen molar-refractivity contribution >= 4 is 44.5 Å². The predicted molar refractivity (Wildman–Crippen MR) is 106 cm³/mol. The maximum Gasteiger partial charge on any atom is 0.387 e. The molecule has 0 spiro atoms. The van der Waals surface area contributed by atoms with Crippen LogP contribution in [0.5, 0.6) is 11.5 Å². The Labute approximate surface area is 158 Å². The van der Waals surface area contributed by atoms with Crippen LogP contribution in [0.1, 0.15) is 10.6 Å². The van der Waals surface area contributed by atoms with Crippen LogP contribution < -0.4 is 9.47 Å². The van der Waals surface area contributed by atoms with Gasteiger partial charge >= 0.3 is 6.61 Å². The van der Waals surface area contributed by atoms with Gasteiger partial charge in [0.2, 0.25) is 0 Å². The lowest BCUT2D eigenvalue weighted by Crippen LogP contribution is -2.03. The van der Waals surface area contributed by atoms with E-state index >= 15 is 0 Å². The number of halogens is 2. The van der Waals surface area contributed by atoms with E-state index in [1.807, 2.05) is 24.3 Å². The smallest absolute Gasteiger partial charge is 0.387 e. The molecule has 0 aliphatic heterocycles. The predicted octanol–water partition coefficient (Wildman–Crippen LogP) is 6.23.